The zero-order valence-corrected chi connectivity index (χ0v) is 2.00. The molecule has 0 aliphatic heterocycles. The Labute approximate surface area is 34.8 Å². The molecule has 0 aromatic carbocycles. The average molecular weight is 84.2 g/mol. The largest absolute Gasteiger partial charge is 0.412 e. The highest BCUT2D eigenvalue weighted by Gasteiger charge is -0.0765. The lowest BCUT2D eigenvalue weighted by atomic mass is 12.0. The molecule has 32 valence electrons. The van der Waals surface area contributed by atoms with Crippen molar-refractivity contribution in [1.29, 1.82) is 0 Å². The van der Waals surface area contributed by atoms with Gasteiger partial charge in [0.05, 0.1) is 0 Å². The van der Waals surface area contributed by atoms with Crippen molar-refractivity contribution in [2.45, 2.75) is 14.9 Å². The lowest BCUT2D eigenvalue weighted by molar-refractivity contribution is 0.824. The van der Waals surface area contributed by atoms with E-state index >= 15 is 0 Å². The van der Waals surface area contributed by atoms with Crippen LogP contribution in [0.25, 0.3) is 0 Å². The Balaban J connectivity index is 0. The third-order valence-corrected chi connectivity index (χ3v) is 0. The Morgan fingerprint density at radius 2 is 0.750 bits per heavy atom. The highest BCUT2D eigenvalue weighted by Crippen LogP contribution is 0.648. The lowest BCUT2D eigenvalue weighted by Crippen LogP contribution is -0.289. The molecule has 0 atom stereocenters. The minimum Gasteiger partial charge on any atom is -0.412 e. The lowest BCUT2D eigenvalue weighted by Gasteiger charge is -0.412. The summed E-state index contributed by atoms with van der Waals surface area (Å²) in [5.74, 6) is 0. The molecule has 0 aromatic rings. The van der Waals surface area contributed by atoms with E-state index in [1.54, 1.807) is 0 Å². The minimum atomic E-state index is 0. The first-order valence-corrected chi connectivity index (χ1v) is 0. The van der Waals surface area contributed by atoms with Crippen molar-refractivity contribution in [1.82, 2.24) is 0 Å². The topological polar surface area (TPSA) is 31.5 Å². The SMILES string of the molecule is C.C.O.S. The van der Waals surface area contributed by atoms with Crippen molar-refractivity contribution in [2.75, 3.05) is 0 Å². The van der Waals surface area contributed by atoms with Gasteiger partial charge < -0.3 is 5.48 Å². The second kappa shape index (κ2) is 184. The van der Waals surface area contributed by atoms with Gasteiger partial charge in [-0.05, 0) is 0 Å². The third-order valence-electron chi connectivity index (χ3n) is 0. The first-order valence-electron chi connectivity index (χ1n) is 0. The smallest absolute Gasteiger partial charge is 0.0776 e. The van der Waals surface area contributed by atoms with E-state index in [0.29, 0.717) is 0 Å². The fourth-order valence-corrected chi connectivity index (χ4v) is 0. The van der Waals surface area contributed by atoms with Gasteiger partial charge in [-0.3, -0.25) is 0 Å². The summed E-state index contributed by atoms with van der Waals surface area (Å²) in [5, 5.41) is 0. The highest BCUT2D eigenvalue weighted by molar-refractivity contribution is 7.59. The minimum absolute atomic E-state index is 0. The predicted octanol–water partition coefficient (Wildman–Crippen LogP) is 0.560. The summed E-state index contributed by atoms with van der Waals surface area (Å²) in [7, 11) is 0. The van der Waals surface area contributed by atoms with Crippen molar-refractivity contribution < 1.29 is 5.48 Å². The zero-order chi connectivity index (χ0) is 0. The van der Waals surface area contributed by atoms with Crippen LogP contribution in [0.5, 0.6) is 0 Å². The van der Waals surface area contributed by atoms with Crippen molar-refractivity contribution in [3.8, 4) is 0 Å². The summed E-state index contributed by atoms with van der Waals surface area (Å²) in [6.45, 7) is 0. The molecule has 0 saturated carbocycles. The van der Waals surface area contributed by atoms with Gasteiger partial charge in [-0.25, -0.2) is 0 Å². The average Bonchev–Trinajstić information content (AvgIpc) is 0. The van der Waals surface area contributed by atoms with Crippen LogP contribution in [-0.2, 0) is 0 Å². The molecular weight excluding hydrogens is 72.1 g/mol. The van der Waals surface area contributed by atoms with Crippen LogP contribution in [0.3, 0.4) is 0 Å². The van der Waals surface area contributed by atoms with Gasteiger partial charge >= 0.3 is 0 Å². The van der Waals surface area contributed by atoms with Crippen molar-refractivity contribution in [2.24, 2.45) is 0 Å². The summed E-state index contributed by atoms with van der Waals surface area (Å²) >= 11 is 0. The van der Waals surface area contributed by atoms with Crippen LogP contribution in [0.15, 0.2) is 0 Å². The molecule has 0 saturated heterocycles. The Kier molecular flexibility index (Phi) is 22600. The standard InChI is InChI=1S/2CH4.H2O.H2S/h2*1H4;2*1H2. The number of hydrogen-bond acceptors (Lipinski definition) is 0. The van der Waals surface area contributed by atoms with Crippen LogP contribution in [0.2, 0.25) is 0 Å². The van der Waals surface area contributed by atoms with Crippen molar-refractivity contribution >= 4 is 13.5 Å². The van der Waals surface area contributed by atoms with Gasteiger partial charge in [-0.1, -0.05) is 14.9 Å². The fraction of sp³-hybridized carbons (Fsp3) is 1.00. The maximum Gasteiger partial charge on any atom is -0.0776 e. The molecule has 0 unspecified atom stereocenters. The molecule has 2 heteroatoms. The van der Waals surface area contributed by atoms with Crippen LogP contribution < -0.4 is 0 Å². The molecular formula is C2H12OS. The van der Waals surface area contributed by atoms with Crippen LogP contribution in [0, 0.1) is 0 Å². The van der Waals surface area contributed by atoms with E-state index in [4.69, 9.17) is 0 Å². The van der Waals surface area contributed by atoms with E-state index < -0.39 is 0 Å². The molecule has 0 spiro atoms. The molecule has 0 bridgehead atoms. The molecule has 0 rings (SSSR count). The van der Waals surface area contributed by atoms with Crippen molar-refractivity contribution in [3.63, 3.8) is 0 Å². The summed E-state index contributed by atoms with van der Waals surface area (Å²) in [5.41, 5.74) is 0. The van der Waals surface area contributed by atoms with Gasteiger partial charge in [0.2, 0.25) is 0 Å². The van der Waals surface area contributed by atoms with Crippen LogP contribution in [0.4, 0.5) is 0 Å². The van der Waals surface area contributed by atoms with Gasteiger partial charge in [-0.2, -0.15) is 13.5 Å². The van der Waals surface area contributed by atoms with Crippen LogP contribution in [-0.4, -0.2) is 5.48 Å². The van der Waals surface area contributed by atoms with Crippen LogP contribution >= 0.6 is 13.5 Å². The zero-order valence-electron chi connectivity index (χ0n) is 1.00. The van der Waals surface area contributed by atoms with Gasteiger partial charge in [-0.15, -0.1) is 0 Å². The van der Waals surface area contributed by atoms with Crippen LogP contribution in [0.1, 0.15) is 14.9 Å². The maximum absolute atomic E-state index is 0. The molecule has 0 amide bonds. The molecule has 0 heterocycles. The van der Waals surface area contributed by atoms with Gasteiger partial charge in [0.15, 0.2) is 0 Å². The molecule has 0 aliphatic rings. The van der Waals surface area contributed by atoms with Crippen molar-refractivity contribution in [3.05, 3.63) is 0 Å². The molecule has 0 fully saturated rings. The normalized spacial score (nSPS) is 0. The first-order chi connectivity index (χ1) is 0. The van der Waals surface area contributed by atoms with E-state index in [1.807, 2.05) is 0 Å². The number of rotatable bonds is 0. The number of hydrogen-bond donors (Lipinski definition) is 0. The highest BCUT2D eigenvalue weighted by atomic mass is 32.1. The van der Waals surface area contributed by atoms with E-state index in [0.717, 1.165) is 0 Å². The summed E-state index contributed by atoms with van der Waals surface area (Å²) < 4.78 is 0. The third kappa shape index (κ3) is 41.3. The van der Waals surface area contributed by atoms with E-state index in [-0.39, 0.29) is 33.8 Å². The Morgan fingerprint density at radius 3 is 0.750 bits per heavy atom. The summed E-state index contributed by atoms with van der Waals surface area (Å²) in [6.07, 6.45) is 0. The molecule has 0 aromatic heterocycles. The summed E-state index contributed by atoms with van der Waals surface area (Å²) in [4.78, 5) is 0. The predicted molar refractivity (Wildman–Crippen MR) is 27.5 cm³/mol. The Hall–Kier alpha value is 0.310. The van der Waals surface area contributed by atoms with E-state index in [9.17, 15) is 0 Å². The van der Waals surface area contributed by atoms with E-state index in [2.05, 4.69) is 0 Å². The maximum atomic E-state index is 0. The van der Waals surface area contributed by atoms with E-state index in [1.165, 1.54) is 0 Å². The Bertz CT molecular complexity index is 6.00. The molecule has 2 N–H and O–H groups in total. The fourth-order valence-electron chi connectivity index (χ4n) is 0. The molecule has 0 aliphatic carbocycles. The Morgan fingerprint density at radius 1 is 0.750 bits per heavy atom. The van der Waals surface area contributed by atoms with Gasteiger partial charge in [0, 0.05) is 0 Å². The summed E-state index contributed by atoms with van der Waals surface area (Å²) in [6, 6.07) is 0. The molecule has 4 heavy (non-hydrogen) atoms. The second-order valence-corrected chi connectivity index (χ2v) is 0. The first kappa shape index (κ1) is 491. The molecule has 1 nitrogen and oxygen atoms in total. The van der Waals surface area contributed by atoms with Gasteiger partial charge in [0.25, 0.3) is 0 Å². The monoisotopic (exact) mass is 84.1 g/mol. The molecule has 0 radical (unpaired) electrons. The quantitative estimate of drug-likeness (QED) is 0.411. The van der Waals surface area contributed by atoms with Gasteiger partial charge in [0.1, 0.15) is 0 Å². The second-order valence-electron chi connectivity index (χ2n) is 0.